The number of benzene rings is 1. The molecule has 0 amide bonds. The molecule has 19 heavy (non-hydrogen) atoms. The highest BCUT2D eigenvalue weighted by Gasteiger charge is 2.45. The fraction of sp³-hybridized carbons (Fsp3) is 0.538. The first-order chi connectivity index (χ1) is 8.88. The van der Waals surface area contributed by atoms with Gasteiger partial charge in [0.1, 0.15) is 11.6 Å². The van der Waals surface area contributed by atoms with Crippen molar-refractivity contribution in [3.05, 3.63) is 35.4 Å². The molecule has 2 atom stereocenters. The predicted octanol–water partition coefficient (Wildman–Crippen LogP) is 3.44. The van der Waals surface area contributed by atoms with Crippen LogP contribution in [0.1, 0.15) is 18.4 Å². The third kappa shape index (κ3) is 3.43. The first kappa shape index (κ1) is 14.2. The number of alkyl halides is 3. The summed E-state index contributed by atoms with van der Waals surface area (Å²) in [6.45, 7) is 0.466. The van der Waals surface area contributed by atoms with Crippen LogP contribution in [-0.4, -0.2) is 18.8 Å². The van der Waals surface area contributed by atoms with Crippen molar-refractivity contribution in [2.45, 2.75) is 31.5 Å². The van der Waals surface area contributed by atoms with Crippen LogP contribution in [0.3, 0.4) is 0 Å². The van der Waals surface area contributed by atoms with Gasteiger partial charge in [-0.1, -0.05) is 0 Å². The average Bonchev–Trinajstić information content (AvgIpc) is 2.33. The number of hydrogen-bond acceptors (Lipinski definition) is 1. The lowest BCUT2D eigenvalue weighted by atomic mass is 9.86. The average molecular weight is 279 g/mol. The summed E-state index contributed by atoms with van der Waals surface area (Å²) in [5.41, 5.74) is -0.0198. The predicted molar refractivity (Wildman–Crippen MR) is 60.6 cm³/mol. The summed E-state index contributed by atoms with van der Waals surface area (Å²) in [6, 6.07) is 1.95. The van der Waals surface area contributed by atoms with E-state index < -0.39 is 29.8 Å². The van der Waals surface area contributed by atoms with Crippen molar-refractivity contribution in [2.75, 3.05) is 6.54 Å². The molecule has 2 rings (SSSR count). The molecule has 0 spiro atoms. The molecular weight excluding hydrogens is 265 g/mol. The van der Waals surface area contributed by atoms with Crippen LogP contribution in [0.25, 0.3) is 0 Å². The van der Waals surface area contributed by atoms with Crippen LogP contribution in [0.5, 0.6) is 0 Å². The fourth-order valence-electron chi connectivity index (χ4n) is 2.50. The van der Waals surface area contributed by atoms with E-state index >= 15 is 0 Å². The highest BCUT2D eigenvalue weighted by molar-refractivity contribution is 5.20. The topological polar surface area (TPSA) is 12.0 Å². The van der Waals surface area contributed by atoms with E-state index in [0.717, 1.165) is 18.2 Å². The van der Waals surface area contributed by atoms with E-state index in [4.69, 9.17) is 0 Å². The van der Waals surface area contributed by atoms with Crippen molar-refractivity contribution in [1.82, 2.24) is 5.32 Å². The van der Waals surface area contributed by atoms with Crippen LogP contribution in [0.15, 0.2) is 18.2 Å². The van der Waals surface area contributed by atoms with Gasteiger partial charge < -0.3 is 5.32 Å². The maximum Gasteiger partial charge on any atom is 0.393 e. The molecule has 0 bridgehead atoms. The van der Waals surface area contributed by atoms with E-state index in [-0.39, 0.29) is 18.4 Å². The maximum absolute atomic E-state index is 13.5. The number of piperidine rings is 1. The highest BCUT2D eigenvalue weighted by Crippen LogP contribution is 2.35. The largest absolute Gasteiger partial charge is 0.393 e. The number of nitrogens with one attached hydrogen (secondary N) is 1. The van der Waals surface area contributed by atoms with Gasteiger partial charge in [0.15, 0.2) is 0 Å². The second-order valence-electron chi connectivity index (χ2n) is 4.79. The smallest absolute Gasteiger partial charge is 0.313 e. The van der Waals surface area contributed by atoms with Gasteiger partial charge in [0.05, 0.1) is 5.92 Å². The first-order valence-electron chi connectivity index (χ1n) is 6.12. The fourth-order valence-corrected chi connectivity index (χ4v) is 2.50. The van der Waals surface area contributed by atoms with Crippen molar-refractivity contribution >= 4 is 0 Å². The van der Waals surface area contributed by atoms with Crippen LogP contribution in [0, 0.1) is 17.6 Å². The molecule has 0 aliphatic carbocycles. The summed E-state index contributed by atoms with van der Waals surface area (Å²) in [6.07, 6.45) is -4.01. The van der Waals surface area contributed by atoms with Gasteiger partial charge in [-0.25, -0.2) is 8.78 Å². The van der Waals surface area contributed by atoms with Crippen molar-refractivity contribution in [3.63, 3.8) is 0 Å². The molecule has 1 aromatic carbocycles. The molecule has 0 saturated carbocycles. The van der Waals surface area contributed by atoms with Gasteiger partial charge in [0.25, 0.3) is 0 Å². The molecule has 0 radical (unpaired) electrons. The molecule has 1 aromatic rings. The second kappa shape index (κ2) is 5.45. The van der Waals surface area contributed by atoms with Crippen LogP contribution in [0.4, 0.5) is 22.0 Å². The second-order valence-corrected chi connectivity index (χ2v) is 4.79. The molecule has 1 nitrogen and oxygen atoms in total. The third-order valence-electron chi connectivity index (χ3n) is 3.45. The maximum atomic E-state index is 13.5. The SMILES string of the molecule is Fc1ccc(F)c(CC2NCCCC2C(F)(F)F)c1. The Hall–Kier alpha value is -1.17. The Balaban J connectivity index is 2.17. The van der Waals surface area contributed by atoms with Gasteiger partial charge >= 0.3 is 6.18 Å². The molecule has 106 valence electrons. The summed E-state index contributed by atoms with van der Waals surface area (Å²) in [5, 5.41) is 2.76. The zero-order valence-electron chi connectivity index (χ0n) is 10.1. The van der Waals surface area contributed by atoms with Gasteiger partial charge in [-0.2, -0.15) is 13.2 Å². The lowest BCUT2D eigenvalue weighted by molar-refractivity contribution is -0.188. The molecule has 2 unspecified atom stereocenters. The molecule has 1 aliphatic heterocycles. The van der Waals surface area contributed by atoms with Gasteiger partial charge in [0.2, 0.25) is 0 Å². The third-order valence-corrected chi connectivity index (χ3v) is 3.45. The van der Waals surface area contributed by atoms with E-state index in [9.17, 15) is 22.0 Å². The Bertz CT molecular complexity index is 443. The molecular formula is C13H14F5N. The van der Waals surface area contributed by atoms with Crippen molar-refractivity contribution in [3.8, 4) is 0 Å². The van der Waals surface area contributed by atoms with Crippen molar-refractivity contribution in [2.24, 2.45) is 5.92 Å². The molecule has 1 heterocycles. The van der Waals surface area contributed by atoms with Crippen LogP contribution in [0.2, 0.25) is 0 Å². The van der Waals surface area contributed by atoms with Crippen LogP contribution in [-0.2, 0) is 6.42 Å². The Morgan fingerprint density at radius 1 is 1.21 bits per heavy atom. The monoisotopic (exact) mass is 279 g/mol. The molecule has 1 aliphatic rings. The summed E-state index contributed by atoms with van der Waals surface area (Å²) >= 11 is 0. The summed E-state index contributed by atoms with van der Waals surface area (Å²) < 4.78 is 65.1. The van der Waals surface area contributed by atoms with E-state index in [2.05, 4.69) is 5.32 Å². The molecule has 1 saturated heterocycles. The van der Waals surface area contributed by atoms with E-state index in [1.807, 2.05) is 0 Å². The van der Waals surface area contributed by atoms with Crippen LogP contribution < -0.4 is 5.32 Å². The number of hydrogen-bond donors (Lipinski definition) is 1. The van der Waals surface area contributed by atoms with E-state index in [1.165, 1.54) is 0 Å². The van der Waals surface area contributed by atoms with Gasteiger partial charge in [-0.3, -0.25) is 0 Å². The zero-order valence-corrected chi connectivity index (χ0v) is 10.1. The Labute approximate surface area is 107 Å². The Kier molecular flexibility index (Phi) is 4.08. The lowest BCUT2D eigenvalue weighted by Crippen LogP contribution is -2.48. The van der Waals surface area contributed by atoms with Gasteiger partial charge in [-0.15, -0.1) is 0 Å². The molecule has 0 aromatic heterocycles. The standard InChI is InChI=1S/C13H14F5N/c14-9-3-4-11(15)8(6-9)7-12-10(13(16,17)18)2-1-5-19-12/h3-4,6,10,12,19H,1-2,5,7H2. The normalized spacial score (nSPS) is 24.5. The Morgan fingerprint density at radius 3 is 2.63 bits per heavy atom. The van der Waals surface area contributed by atoms with Crippen molar-refractivity contribution in [1.29, 1.82) is 0 Å². The summed E-state index contributed by atoms with van der Waals surface area (Å²) in [7, 11) is 0. The Morgan fingerprint density at radius 2 is 1.95 bits per heavy atom. The molecule has 1 N–H and O–H groups in total. The first-order valence-corrected chi connectivity index (χ1v) is 6.12. The minimum Gasteiger partial charge on any atom is -0.313 e. The quantitative estimate of drug-likeness (QED) is 0.818. The molecule has 1 fully saturated rings. The highest BCUT2D eigenvalue weighted by atomic mass is 19.4. The van der Waals surface area contributed by atoms with Gasteiger partial charge in [-0.05, 0) is 49.6 Å². The van der Waals surface area contributed by atoms with E-state index in [1.54, 1.807) is 0 Å². The number of rotatable bonds is 2. The lowest BCUT2D eigenvalue weighted by Gasteiger charge is -2.34. The summed E-state index contributed by atoms with van der Waals surface area (Å²) in [5.74, 6) is -2.82. The van der Waals surface area contributed by atoms with Crippen molar-refractivity contribution < 1.29 is 22.0 Å². The zero-order chi connectivity index (χ0) is 14.0. The molecule has 6 heteroatoms. The van der Waals surface area contributed by atoms with E-state index in [0.29, 0.717) is 13.0 Å². The number of halogens is 5. The van der Waals surface area contributed by atoms with Crippen LogP contribution >= 0.6 is 0 Å². The minimum atomic E-state index is -4.32. The van der Waals surface area contributed by atoms with Gasteiger partial charge in [0, 0.05) is 6.04 Å². The summed E-state index contributed by atoms with van der Waals surface area (Å²) in [4.78, 5) is 0. The minimum absolute atomic E-state index is 0.0198.